The molecule has 0 spiro atoms. The van der Waals surface area contributed by atoms with E-state index in [9.17, 15) is 0 Å². The van der Waals surface area contributed by atoms with Gasteiger partial charge in [-0.15, -0.1) is 0 Å². The summed E-state index contributed by atoms with van der Waals surface area (Å²) in [6.45, 7) is 0. The number of hydrogen-bond acceptors (Lipinski definition) is 1. The largest absolute Gasteiger partial charge is 0.311 e. The van der Waals surface area contributed by atoms with E-state index < -0.39 is 0 Å². The molecule has 158 valence electrons. The molecule has 1 heteroatoms. The quantitative estimate of drug-likeness (QED) is 0.246. The summed E-state index contributed by atoms with van der Waals surface area (Å²) in [4.78, 5) is 2.28. The molecule has 0 bridgehead atoms. The zero-order valence-corrected chi connectivity index (χ0v) is 18.4. The molecule has 33 heavy (non-hydrogen) atoms. The fraction of sp³-hybridized carbons (Fsp3) is 0. The molecule has 1 nitrogen and oxygen atoms in total. The summed E-state index contributed by atoms with van der Waals surface area (Å²) in [6.07, 6.45) is 4.38. The molecule has 0 unspecified atom stereocenters. The molecule has 0 saturated carbocycles. The smallest absolute Gasteiger partial charge is 0.0462 e. The number of anilines is 3. The number of nitrogens with zero attached hydrogens (tertiary/aromatic N) is 1. The molecule has 0 aliphatic rings. The molecule has 0 aliphatic carbocycles. The maximum Gasteiger partial charge on any atom is 0.0462 e. The lowest BCUT2D eigenvalue weighted by atomic mass is 9.99. The van der Waals surface area contributed by atoms with E-state index >= 15 is 0 Å². The third kappa shape index (κ3) is 4.78. The predicted octanol–water partition coefficient (Wildman–Crippen LogP) is 8.99. The first-order chi connectivity index (χ1) is 16.4. The van der Waals surface area contributed by atoms with Gasteiger partial charge in [0.1, 0.15) is 0 Å². The van der Waals surface area contributed by atoms with Gasteiger partial charge < -0.3 is 4.90 Å². The molecule has 0 aromatic heterocycles. The summed E-state index contributed by atoms with van der Waals surface area (Å²) in [6, 6.07) is 48.7. The Hall–Kier alpha value is -4.36. The van der Waals surface area contributed by atoms with Crippen LogP contribution < -0.4 is 4.90 Å². The monoisotopic (exact) mass is 423 g/mol. The summed E-state index contributed by atoms with van der Waals surface area (Å²) in [5.74, 6) is 0. The van der Waals surface area contributed by atoms with Crippen molar-refractivity contribution in [2.45, 2.75) is 0 Å². The van der Waals surface area contributed by atoms with E-state index in [1.54, 1.807) is 0 Å². The Morgan fingerprint density at radius 1 is 0.394 bits per heavy atom. The Morgan fingerprint density at radius 2 is 0.879 bits per heavy atom. The highest BCUT2D eigenvalue weighted by molar-refractivity contribution is 5.82. The number of para-hydroxylation sites is 2. The van der Waals surface area contributed by atoms with Crippen molar-refractivity contribution in [3.8, 4) is 11.1 Å². The van der Waals surface area contributed by atoms with Gasteiger partial charge in [-0.3, -0.25) is 0 Å². The van der Waals surface area contributed by atoms with Gasteiger partial charge in [0.25, 0.3) is 0 Å². The summed E-state index contributed by atoms with van der Waals surface area (Å²) in [5, 5.41) is 0. The first-order valence-electron chi connectivity index (χ1n) is 11.2. The van der Waals surface area contributed by atoms with Gasteiger partial charge in [0.15, 0.2) is 0 Å². The number of benzene rings is 5. The van der Waals surface area contributed by atoms with E-state index in [0.717, 1.165) is 17.1 Å². The van der Waals surface area contributed by atoms with Gasteiger partial charge in [-0.2, -0.15) is 0 Å². The van der Waals surface area contributed by atoms with Crippen LogP contribution in [0.3, 0.4) is 0 Å². The van der Waals surface area contributed by atoms with E-state index in [1.807, 2.05) is 12.1 Å². The zero-order valence-electron chi connectivity index (χ0n) is 18.4. The van der Waals surface area contributed by atoms with Crippen molar-refractivity contribution in [1.29, 1.82) is 0 Å². The van der Waals surface area contributed by atoms with E-state index in [1.165, 1.54) is 22.3 Å². The SMILES string of the molecule is C(=C\c1ccccc1-c1ccccc1)/c1ccc(N(c2ccccc2)c2ccccc2)cc1. The number of rotatable bonds is 6. The Bertz CT molecular complexity index is 1280. The minimum absolute atomic E-state index is 1.13. The normalized spacial score (nSPS) is 10.9. The lowest BCUT2D eigenvalue weighted by Gasteiger charge is -2.25. The Morgan fingerprint density at radius 3 is 1.48 bits per heavy atom. The van der Waals surface area contributed by atoms with Gasteiger partial charge in [0.2, 0.25) is 0 Å². The fourth-order valence-electron chi connectivity index (χ4n) is 4.04. The van der Waals surface area contributed by atoms with Gasteiger partial charge in [-0.25, -0.2) is 0 Å². The average molecular weight is 424 g/mol. The maximum absolute atomic E-state index is 2.28. The van der Waals surface area contributed by atoms with E-state index in [0.29, 0.717) is 0 Å². The fourth-order valence-corrected chi connectivity index (χ4v) is 4.04. The minimum atomic E-state index is 1.13. The highest BCUT2D eigenvalue weighted by Crippen LogP contribution is 2.34. The second-order valence-electron chi connectivity index (χ2n) is 7.88. The van der Waals surface area contributed by atoms with Gasteiger partial charge in [0.05, 0.1) is 0 Å². The Labute approximate surface area is 195 Å². The standard InChI is InChI=1S/C32H25N/c1-4-12-27(13-5-1)32-19-11-10-14-28(32)23-20-26-21-24-31(25-22-26)33(29-15-6-2-7-16-29)30-17-8-3-9-18-30/h1-25H/b23-20+. The van der Waals surface area contributed by atoms with Crippen LogP contribution in [0.25, 0.3) is 23.3 Å². The van der Waals surface area contributed by atoms with Crippen LogP contribution in [0.1, 0.15) is 11.1 Å². The van der Waals surface area contributed by atoms with Crippen LogP contribution in [-0.4, -0.2) is 0 Å². The highest BCUT2D eigenvalue weighted by atomic mass is 15.1. The second kappa shape index (κ2) is 9.84. The minimum Gasteiger partial charge on any atom is -0.311 e. The average Bonchev–Trinajstić information content (AvgIpc) is 2.90. The zero-order chi connectivity index (χ0) is 22.3. The molecule has 0 N–H and O–H groups in total. The van der Waals surface area contributed by atoms with Crippen LogP contribution in [-0.2, 0) is 0 Å². The topological polar surface area (TPSA) is 3.24 Å². The van der Waals surface area contributed by atoms with Crippen LogP contribution in [0.15, 0.2) is 140 Å². The Kier molecular flexibility index (Phi) is 6.13. The molecule has 0 atom stereocenters. The van der Waals surface area contributed by atoms with Gasteiger partial charge >= 0.3 is 0 Å². The molecule has 0 aliphatic heterocycles. The molecule has 0 saturated heterocycles. The summed E-state index contributed by atoms with van der Waals surface area (Å²) in [5.41, 5.74) is 8.27. The Balaban J connectivity index is 1.44. The lowest BCUT2D eigenvalue weighted by molar-refractivity contribution is 1.28. The van der Waals surface area contributed by atoms with Crippen LogP contribution >= 0.6 is 0 Å². The van der Waals surface area contributed by atoms with Gasteiger partial charge in [-0.05, 0) is 58.7 Å². The van der Waals surface area contributed by atoms with Gasteiger partial charge in [0, 0.05) is 17.1 Å². The van der Waals surface area contributed by atoms with E-state index in [-0.39, 0.29) is 0 Å². The van der Waals surface area contributed by atoms with Crippen LogP contribution in [0, 0.1) is 0 Å². The third-order valence-electron chi connectivity index (χ3n) is 5.68. The first-order valence-corrected chi connectivity index (χ1v) is 11.2. The molecule has 0 heterocycles. The lowest BCUT2D eigenvalue weighted by Crippen LogP contribution is -2.09. The molecule has 5 aromatic carbocycles. The highest BCUT2D eigenvalue weighted by Gasteiger charge is 2.11. The van der Waals surface area contributed by atoms with Crippen molar-refractivity contribution >= 4 is 29.2 Å². The molecule has 0 radical (unpaired) electrons. The summed E-state index contributed by atoms with van der Waals surface area (Å²) >= 11 is 0. The molecule has 0 amide bonds. The maximum atomic E-state index is 2.28. The van der Waals surface area contributed by atoms with E-state index in [2.05, 4.69) is 144 Å². The molecule has 5 rings (SSSR count). The first kappa shape index (κ1) is 20.5. The van der Waals surface area contributed by atoms with Crippen LogP contribution in [0.2, 0.25) is 0 Å². The van der Waals surface area contributed by atoms with Crippen LogP contribution in [0.5, 0.6) is 0 Å². The number of hydrogen-bond donors (Lipinski definition) is 0. The molecular formula is C32H25N. The van der Waals surface area contributed by atoms with Crippen molar-refractivity contribution in [3.05, 3.63) is 151 Å². The van der Waals surface area contributed by atoms with Crippen molar-refractivity contribution < 1.29 is 0 Å². The molecule has 5 aromatic rings. The summed E-state index contributed by atoms with van der Waals surface area (Å²) < 4.78 is 0. The second-order valence-corrected chi connectivity index (χ2v) is 7.88. The van der Waals surface area contributed by atoms with Gasteiger partial charge in [-0.1, -0.05) is 115 Å². The summed E-state index contributed by atoms with van der Waals surface area (Å²) in [7, 11) is 0. The van der Waals surface area contributed by atoms with E-state index in [4.69, 9.17) is 0 Å². The van der Waals surface area contributed by atoms with Crippen molar-refractivity contribution in [2.75, 3.05) is 4.90 Å². The molecular weight excluding hydrogens is 398 g/mol. The van der Waals surface area contributed by atoms with Crippen LogP contribution in [0.4, 0.5) is 17.1 Å². The predicted molar refractivity (Wildman–Crippen MR) is 142 cm³/mol. The van der Waals surface area contributed by atoms with Crippen molar-refractivity contribution in [1.82, 2.24) is 0 Å². The van der Waals surface area contributed by atoms with Crippen molar-refractivity contribution in [3.63, 3.8) is 0 Å². The molecule has 0 fully saturated rings. The van der Waals surface area contributed by atoms with Crippen molar-refractivity contribution in [2.24, 2.45) is 0 Å². The third-order valence-corrected chi connectivity index (χ3v) is 5.68.